The molecule has 0 rings (SSSR count). The van der Waals surface area contributed by atoms with E-state index in [-0.39, 0.29) is 0 Å². The average molecular weight is 173 g/mol. The van der Waals surface area contributed by atoms with Crippen LogP contribution < -0.4 is 5.32 Å². The highest BCUT2D eigenvalue weighted by atomic mass is 16.4. The third-order valence-electron chi connectivity index (χ3n) is 1.95. The fourth-order valence-electron chi connectivity index (χ4n) is 1.09. The summed E-state index contributed by atoms with van der Waals surface area (Å²) in [5.74, 6) is -1.50. The van der Waals surface area contributed by atoms with E-state index in [9.17, 15) is 9.59 Å². The number of carbonyl (C=O) groups is 2. The van der Waals surface area contributed by atoms with Crippen LogP contribution in [0, 0.1) is 5.41 Å². The monoisotopic (exact) mass is 173 g/mol. The summed E-state index contributed by atoms with van der Waals surface area (Å²) in [4.78, 5) is 21.9. The zero-order valence-corrected chi connectivity index (χ0v) is 7.68. The maximum Gasteiger partial charge on any atom is 0.318 e. The molecular weight excluding hydrogens is 158 g/mol. The van der Waals surface area contributed by atoms with Crippen molar-refractivity contribution in [3.05, 3.63) is 0 Å². The fourth-order valence-corrected chi connectivity index (χ4v) is 1.09. The van der Waals surface area contributed by atoms with Crippen LogP contribution in [-0.2, 0) is 9.59 Å². The van der Waals surface area contributed by atoms with Crippen molar-refractivity contribution in [1.29, 1.82) is 0 Å². The molecule has 0 saturated heterocycles. The van der Waals surface area contributed by atoms with Crippen molar-refractivity contribution < 1.29 is 14.7 Å². The molecule has 0 aliphatic heterocycles. The number of rotatable bonds is 4. The van der Waals surface area contributed by atoms with Gasteiger partial charge in [0.2, 0.25) is 5.91 Å². The number of hydrogen-bond acceptors (Lipinski definition) is 2. The first kappa shape index (κ1) is 10.9. The lowest BCUT2D eigenvalue weighted by Crippen LogP contribution is -2.42. The van der Waals surface area contributed by atoms with Crippen molar-refractivity contribution in [1.82, 2.24) is 5.32 Å². The smallest absolute Gasteiger partial charge is 0.318 e. The molecule has 0 bridgehead atoms. The largest absolute Gasteiger partial charge is 0.480 e. The highest BCUT2D eigenvalue weighted by Crippen LogP contribution is 2.23. The fraction of sp³-hybridized carbons (Fsp3) is 0.750. The van der Waals surface area contributed by atoms with E-state index >= 15 is 0 Å². The van der Waals surface area contributed by atoms with Crippen molar-refractivity contribution >= 4 is 11.9 Å². The molecule has 1 amide bonds. The molecule has 0 spiro atoms. The Kier molecular flexibility index (Phi) is 3.73. The lowest BCUT2D eigenvalue weighted by molar-refractivity contribution is -0.155. The van der Waals surface area contributed by atoms with Crippen LogP contribution in [-0.4, -0.2) is 24.0 Å². The Morgan fingerprint density at radius 1 is 1.50 bits per heavy atom. The average Bonchev–Trinajstić information content (AvgIpc) is 2.03. The minimum absolute atomic E-state index is 0.363. The quantitative estimate of drug-likeness (QED) is 0.612. The van der Waals surface area contributed by atoms with Crippen molar-refractivity contribution in [2.45, 2.75) is 26.7 Å². The van der Waals surface area contributed by atoms with E-state index in [1.54, 1.807) is 0 Å². The predicted octanol–water partition coefficient (Wildman–Crippen LogP) is 0.623. The molecule has 12 heavy (non-hydrogen) atoms. The highest BCUT2D eigenvalue weighted by Gasteiger charge is 2.39. The second kappa shape index (κ2) is 4.09. The van der Waals surface area contributed by atoms with Gasteiger partial charge < -0.3 is 10.4 Å². The third-order valence-corrected chi connectivity index (χ3v) is 1.95. The summed E-state index contributed by atoms with van der Waals surface area (Å²) in [5, 5.41) is 11.2. The normalized spacial score (nSPS) is 14.9. The number of aliphatic carboxylic acids is 1. The second-order valence-corrected chi connectivity index (χ2v) is 2.97. The van der Waals surface area contributed by atoms with Crippen LogP contribution in [0.3, 0.4) is 0 Å². The van der Waals surface area contributed by atoms with E-state index in [4.69, 9.17) is 5.11 Å². The topological polar surface area (TPSA) is 66.4 Å². The predicted molar refractivity (Wildman–Crippen MR) is 44.7 cm³/mol. The molecule has 2 N–H and O–H groups in total. The van der Waals surface area contributed by atoms with Gasteiger partial charge in [0.05, 0.1) is 0 Å². The van der Waals surface area contributed by atoms with E-state index in [0.29, 0.717) is 12.8 Å². The molecule has 0 heterocycles. The Hall–Kier alpha value is -1.06. The first-order valence-electron chi connectivity index (χ1n) is 3.94. The van der Waals surface area contributed by atoms with Gasteiger partial charge in [-0.05, 0) is 13.3 Å². The minimum atomic E-state index is -1.27. The summed E-state index contributed by atoms with van der Waals surface area (Å²) in [5.41, 5.74) is -1.27. The maximum absolute atomic E-state index is 11.2. The Morgan fingerprint density at radius 3 is 2.25 bits per heavy atom. The molecule has 0 radical (unpaired) electrons. The molecule has 1 unspecified atom stereocenters. The molecule has 0 aliphatic rings. The molecule has 0 aromatic carbocycles. The molecular formula is C8H15NO3. The van der Waals surface area contributed by atoms with Crippen LogP contribution >= 0.6 is 0 Å². The summed E-state index contributed by atoms with van der Waals surface area (Å²) in [7, 11) is 1.44. The maximum atomic E-state index is 11.2. The van der Waals surface area contributed by atoms with Crippen LogP contribution in [0.4, 0.5) is 0 Å². The minimum Gasteiger partial charge on any atom is -0.480 e. The highest BCUT2D eigenvalue weighted by molar-refractivity contribution is 6.01. The molecule has 4 nitrogen and oxygen atoms in total. The van der Waals surface area contributed by atoms with Gasteiger partial charge in [-0.2, -0.15) is 0 Å². The summed E-state index contributed by atoms with van der Waals surface area (Å²) >= 11 is 0. The first-order valence-corrected chi connectivity index (χ1v) is 3.94. The van der Waals surface area contributed by atoms with Gasteiger partial charge in [-0.15, -0.1) is 0 Å². The molecule has 1 atom stereocenters. The number of hydrogen-bond donors (Lipinski definition) is 2. The molecule has 0 aromatic rings. The first-order chi connectivity index (χ1) is 5.49. The summed E-state index contributed by atoms with van der Waals surface area (Å²) in [6.45, 7) is 3.29. The Bertz CT molecular complexity index is 191. The van der Waals surface area contributed by atoms with Gasteiger partial charge in [-0.3, -0.25) is 9.59 Å². The van der Waals surface area contributed by atoms with E-state index in [1.165, 1.54) is 14.0 Å². The summed E-state index contributed by atoms with van der Waals surface area (Å²) in [6, 6.07) is 0. The molecule has 0 aromatic heterocycles. The molecule has 0 aliphatic carbocycles. The Labute approximate surface area is 72.0 Å². The molecule has 0 fully saturated rings. The van der Waals surface area contributed by atoms with Gasteiger partial charge >= 0.3 is 5.97 Å². The van der Waals surface area contributed by atoms with E-state index in [1.807, 2.05) is 6.92 Å². The van der Waals surface area contributed by atoms with Crippen molar-refractivity contribution in [3.8, 4) is 0 Å². The van der Waals surface area contributed by atoms with E-state index in [0.717, 1.165) is 0 Å². The molecule has 70 valence electrons. The van der Waals surface area contributed by atoms with Crippen molar-refractivity contribution in [2.24, 2.45) is 5.41 Å². The SMILES string of the molecule is CCCC(C)(C(=O)O)C(=O)NC. The van der Waals surface area contributed by atoms with E-state index in [2.05, 4.69) is 5.32 Å². The molecule has 4 heteroatoms. The molecule has 0 saturated carbocycles. The number of amides is 1. The second-order valence-electron chi connectivity index (χ2n) is 2.97. The summed E-state index contributed by atoms with van der Waals surface area (Å²) < 4.78 is 0. The summed E-state index contributed by atoms with van der Waals surface area (Å²) in [6.07, 6.45) is 1.04. The Balaban J connectivity index is 4.61. The lowest BCUT2D eigenvalue weighted by atomic mass is 9.85. The van der Waals surface area contributed by atoms with Crippen molar-refractivity contribution in [3.63, 3.8) is 0 Å². The van der Waals surface area contributed by atoms with E-state index < -0.39 is 17.3 Å². The van der Waals surface area contributed by atoms with Crippen LogP contribution in [0.1, 0.15) is 26.7 Å². The standard InChI is InChI=1S/C8H15NO3/c1-4-5-8(2,7(11)12)6(10)9-3/h4-5H2,1-3H3,(H,9,10)(H,11,12). The zero-order valence-electron chi connectivity index (χ0n) is 7.68. The van der Waals surface area contributed by atoms with Crippen LogP contribution in [0.5, 0.6) is 0 Å². The number of carbonyl (C=O) groups excluding carboxylic acids is 1. The van der Waals surface area contributed by atoms with Crippen molar-refractivity contribution in [2.75, 3.05) is 7.05 Å². The van der Waals surface area contributed by atoms with Gasteiger partial charge in [-0.1, -0.05) is 13.3 Å². The van der Waals surface area contributed by atoms with Crippen LogP contribution in [0.25, 0.3) is 0 Å². The number of carboxylic acid groups (broad SMARTS) is 1. The van der Waals surface area contributed by atoms with Gasteiger partial charge in [0, 0.05) is 7.05 Å². The van der Waals surface area contributed by atoms with Gasteiger partial charge in [0.15, 0.2) is 0 Å². The number of nitrogens with one attached hydrogen (secondary N) is 1. The van der Waals surface area contributed by atoms with Gasteiger partial charge in [-0.25, -0.2) is 0 Å². The lowest BCUT2D eigenvalue weighted by Gasteiger charge is -2.21. The van der Waals surface area contributed by atoms with Gasteiger partial charge in [0.25, 0.3) is 0 Å². The Morgan fingerprint density at radius 2 is 2.00 bits per heavy atom. The number of carboxylic acids is 1. The van der Waals surface area contributed by atoms with Gasteiger partial charge in [0.1, 0.15) is 5.41 Å². The van der Waals surface area contributed by atoms with Crippen LogP contribution in [0.2, 0.25) is 0 Å². The van der Waals surface area contributed by atoms with Crippen LogP contribution in [0.15, 0.2) is 0 Å². The third kappa shape index (κ3) is 1.96. The zero-order chi connectivity index (χ0) is 9.78.